The number of fused-ring (bicyclic) bond motifs is 2. The van der Waals surface area contributed by atoms with Crippen molar-refractivity contribution in [3.63, 3.8) is 0 Å². The van der Waals surface area contributed by atoms with Gasteiger partial charge in [-0.05, 0) is 18.6 Å². The number of imidazole rings is 1. The van der Waals surface area contributed by atoms with Crippen LogP contribution in [0.15, 0.2) is 43.1 Å². The number of hydrogen-bond acceptors (Lipinski definition) is 6. The molecule has 4 rings (SSSR count). The van der Waals surface area contributed by atoms with Crippen LogP contribution in [0.25, 0.3) is 11.6 Å². The van der Waals surface area contributed by atoms with Crippen LogP contribution < -0.4 is 5.32 Å². The molecule has 0 aliphatic rings. The molecule has 9 heteroatoms. The summed E-state index contributed by atoms with van der Waals surface area (Å²) >= 11 is 0. The summed E-state index contributed by atoms with van der Waals surface area (Å²) in [6.45, 7) is 1.97. The lowest BCUT2D eigenvalue weighted by Gasteiger charge is -2.12. The van der Waals surface area contributed by atoms with Crippen LogP contribution in [0.3, 0.4) is 0 Å². The molecule has 4 heterocycles. The highest BCUT2D eigenvalue weighted by Crippen LogP contribution is 2.16. The Hall–Kier alpha value is -3.36. The molecule has 0 unspecified atom stereocenters. The van der Waals surface area contributed by atoms with Gasteiger partial charge in [0, 0.05) is 31.0 Å². The molecule has 4 aromatic rings. The molecule has 1 N–H and O–H groups in total. The fourth-order valence-corrected chi connectivity index (χ4v) is 2.45. The Labute approximate surface area is 136 Å². The molecule has 0 saturated carbocycles. The Morgan fingerprint density at radius 3 is 2.71 bits per heavy atom. The molecule has 0 aliphatic heterocycles. The molecule has 1 atom stereocenters. The number of carbonyl (C=O) groups is 1. The summed E-state index contributed by atoms with van der Waals surface area (Å²) in [7, 11) is 0. The zero-order valence-corrected chi connectivity index (χ0v) is 12.9. The maximum absolute atomic E-state index is 12.4. The van der Waals surface area contributed by atoms with Crippen LogP contribution in [0.5, 0.6) is 0 Å². The van der Waals surface area contributed by atoms with Crippen molar-refractivity contribution in [2.45, 2.75) is 19.4 Å². The van der Waals surface area contributed by atoms with Gasteiger partial charge in [-0.3, -0.25) is 9.20 Å². The van der Waals surface area contributed by atoms with Crippen molar-refractivity contribution in [3.05, 3.63) is 54.6 Å². The molecule has 0 bridgehead atoms. The first kappa shape index (κ1) is 14.2. The number of nitrogens with zero attached hydrogens (tertiary/aromatic N) is 7. The third kappa shape index (κ3) is 2.45. The fraction of sp³-hybridized carbons (Fsp3) is 0.200. The summed E-state index contributed by atoms with van der Waals surface area (Å²) in [6, 6.07) is 3.30. The minimum atomic E-state index is -0.364. The third-order valence-corrected chi connectivity index (χ3v) is 3.64. The van der Waals surface area contributed by atoms with Gasteiger partial charge in [0.05, 0.1) is 11.7 Å². The minimum Gasteiger partial charge on any atom is -0.341 e. The van der Waals surface area contributed by atoms with Gasteiger partial charge in [0.15, 0.2) is 0 Å². The average Bonchev–Trinajstić information content (AvgIpc) is 3.23. The van der Waals surface area contributed by atoms with Gasteiger partial charge in [-0.2, -0.15) is 4.98 Å². The van der Waals surface area contributed by atoms with Gasteiger partial charge in [-0.15, -0.1) is 5.10 Å². The van der Waals surface area contributed by atoms with Crippen molar-refractivity contribution in [1.29, 1.82) is 0 Å². The summed E-state index contributed by atoms with van der Waals surface area (Å²) in [6.07, 6.45) is 9.38. The Bertz CT molecular complexity index is 954. The first-order chi connectivity index (χ1) is 11.7. The topological polar surface area (TPSA) is 102 Å². The molecule has 0 fully saturated rings. The van der Waals surface area contributed by atoms with Gasteiger partial charge in [0.25, 0.3) is 11.7 Å². The van der Waals surface area contributed by atoms with E-state index in [1.165, 1.54) is 4.52 Å². The van der Waals surface area contributed by atoms with Gasteiger partial charge in [0.1, 0.15) is 0 Å². The molecular formula is C15H14N8O. The summed E-state index contributed by atoms with van der Waals surface area (Å²) in [5.74, 6) is 0.689. The van der Waals surface area contributed by atoms with Gasteiger partial charge < -0.3 is 5.32 Å². The Kier molecular flexibility index (Phi) is 3.38. The van der Waals surface area contributed by atoms with Crippen LogP contribution >= 0.6 is 0 Å². The van der Waals surface area contributed by atoms with Crippen LogP contribution in [0.2, 0.25) is 0 Å². The van der Waals surface area contributed by atoms with Crippen molar-refractivity contribution in [2.24, 2.45) is 0 Å². The van der Waals surface area contributed by atoms with E-state index in [0.29, 0.717) is 18.0 Å². The van der Waals surface area contributed by atoms with Gasteiger partial charge in [-0.1, -0.05) is 6.92 Å². The molecule has 0 aromatic carbocycles. The molecule has 0 saturated heterocycles. The normalized spacial score (nSPS) is 12.5. The van der Waals surface area contributed by atoms with E-state index in [9.17, 15) is 4.79 Å². The lowest BCUT2D eigenvalue weighted by molar-refractivity contribution is 0.0924. The van der Waals surface area contributed by atoms with Gasteiger partial charge in [-0.25, -0.2) is 19.5 Å². The number of amides is 1. The number of aromatic nitrogens is 7. The summed E-state index contributed by atoms with van der Waals surface area (Å²) in [4.78, 5) is 29.3. The molecule has 24 heavy (non-hydrogen) atoms. The third-order valence-electron chi connectivity index (χ3n) is 3.64. The van der Waals surface area contributed by atoms with E-state index in [-0.39, 0.29) is 17.8 Å². The first-order valence-electron chi connectivity index (χ1n) is 7.52. The SMILES string of the molecule is CC[C@@H](NC(=O)c1nc2ncccn2n1)c1cn2cccnc2n1. The highest BCUT2D eigenvalue weighted by atomic mass is 16.2. The van der Waals surface area contributed by atoms with Crippen LogP contribution in [-0.4, -0.2) is 39.9 Å². The molecule has 9 nitrogen and oxygen atoms in total. The number of rotatable bonds is 4. The van der Waals surface area contributed by atoms with Crippen molar-refractivity contribution >= 4 is 17.5 Å². The Morgan fingerprint density at radius 2 is 1.96 bits per heavy atom. The van der Waals surface area contributed by atoms with Crippen LogP contribution in [0, 0.1) is 0 Å². The summed E-state index contributed by atoms with van der Waals surface area (Å²) < 4.78 is 3.28. The van der Waals surface area contributed by atoms with E-state index in [0.717, 1.165) is 5.69 Å². The second-order valence-corrected chi connectivity index (χ2v) is 5.23. The fourth-order valence-electron chi connectivity index (χ4n) is 2.45. The summed E-state index contributed by atoms with van der Waals surface area (Å²) in [5.41, 5.74) is 0.742. The van der Waals surface area contributed by atoms with Crippen molar-refractivity contribution in [2.75, 3.05) is 0 Å². The number of hydrogen-bond donors (Lipinski definition) is 1. The van der Waals surface area contributed by atoms with Gasteiger partial charge >= 0.3 is 0 Å². The van der Waals surface area contributed by atoms with E-state index in [1.807, 2.05) is 29.8 Å². The van der Waals surface area contributed by atoms with E-state index in [4.69, 9.17) is 0 Å². The standard InChI is InChI=1S/C15H14N8O/c1-2-10(11-9-22-7-3-5-16-14(22)19-11)18-13(24)12-20-15-17-6-4-8-23(15)21-12/h3-10H,2H2,1H3,(H,18,24)/t10-/m1/s1. The Morgan fingerprint density at radius 1 is 1.17 bits per heavy atom. The predicted molar refractivity (Wildman–Crippen MR) is 84.3 cm³/mol. The highest BCUT2D eigenvalue weighted by molar-refractivity contribution is 5.91. The number of nitrogens with one attached hydrogen (secondary N) is 1. The van der Waals surface area contributed by atoms with Crippen LogP contribution in [0.4, 0.5) is 0 Å². The maximum atomic E-state index is 12.4. The molecule has 120 valence electrons. The lowest BCUT2D eigenvalue weighted by atomic mass is 10.1. The number of carbonyl (C=O) groups excluding carboxylic acids is 1. The maximum Gasteiger partial charge on any atom is 0.291 e. The summed E-state index contributed by atoms with van der Waals surface area (Å²) in [5, 5.41) is 7.04. The first-order valence-corrected chi connectivity index (χ1v) is 7.52. The van der Waals surface area contributed by atoms with E-state index >= 15 is 0 Å². The second kappa shape index (κ2) is 5.69. The van der Waals surface area contributed by atoms with E-state index < -0.39 is 0 Å². The highest BCUT2D eigenvalue weighted by Gasteiger charge is 2.20. The smallest absolute Gasteiger partial charge is 0.291 e. The predicted octanol–water partition coefficient (Wildman–Crippen LogP) is 1.05. The molecule has 4 aromatic heterocycles. The van der Waals surface area contributed by atoms with E-state index in [1.54, 1.807) is 24.7 Å². The van der Waals surface area contributed by atoms with E-state index in [2.05, 4.69) is 30.4 Å². The molecule has 1 amide bonds. The zero-order chi connectivity index (χ0) is 16.5. The quantitative estimate of drug-likeness (QED) is 0.602. The minimum absolute atomic E-state index is 0.0778. The van der Waals surface area contributed by atoms with Crippen LogP contribution in [-0.2, 0) is 0 Å². The van der Waals surface area contributed by atoms with Gasteiger partial charge in [0.2, 0.25) is 11.6 Å². The van der Waals surface area contributed by atoms with Crippen molar-refractivity contribution < 1.29 is 4.79 Å². The lowest BCUT2D eigenvalue weighted by Crippen LogP contribution is -2.29. The van der Waals surface area contributed by atoms with Crippen molar-refractivity contribution in [1.82, 2.24) is 39.3 Å². The zero-order valence-electron chi connectivity index (χ0n) is 12.9. The monoisotopic (exact) mass is 322 g/mol. The molecule has 0 spiro atoms. The second-order valence-electron chi connectivity index (χ2n) is 5.23. The molecule has 0 radical (unpaired) electrons. The van der Waals surface area contributed by atoms with Crippen molar-refractivity contribution in [3.8, 4) is 0 Å². The largest absolute Gasteiger partial charge is 0.341 e. The Balaban J connectivity index is 1.60. The van der Waals surface area contributed by atoms with Crippen LogP contribution in [0.1, 0.15) is 35.7 Å². The molecule has 0 aliphatic carbocycles. The molecular weight excluding hydrogens is 308 g/mol. The average molecular weight is 322 g/mol.